The zero-order valence-corrected chi connectivity index (χ0v) is 17.5. The Morgan fingerprint density at radius 1 is 1.06 bits per heavy atom. The Hall–Kier alpha value is -3.71. The molecule has 1 fully saturated rings. The first kappa shape index (κ1) is 19.0. The minimum Gasteiger partial charge on any atom is -0.378 e. The number of ether oxygens (including phenoxy) is 1. The Bertz CT molecular complexity index is 1320. The summed E-state index contributed by atoms with van der Waals surface area (Å²) in [5, 5.41) is 3.40. The molecule has 0 spiro atoms. The van der Waals surface area contributed by atoms with Crippen molar-refractivity contribution in [2.45, 2.75) is 6.42 Å². The van der Waals surface area contributed by atoms with Crippen molar-refractivity contribution in [2.24, 2.45) is 0 Å². The van der Waals surface area contributed by atoms with E-state index in [1.165, 1.54) is 5.69 Å². The maximum Gasteiger partial charge on any atom is 0.180 e. The minimum absolute atomic E-state index is 0.216. The number of hydrogen-bond donors (Lipinski definition) is 1. The van der Waals surface area contributed by atoms with E-state index in [1.807, 2.05) is 47.1 Å². The van der Waals surface area contributed by atoms with Gasteiger partial charge in [0.25, 0.3) is 0 Å². The highest BCUT2D eigenvalue weighted by Gasteiger charge is 2.16. The van der Waals surface area contributed by atoms with Crippen molar-refractivity contribution in [2.75, 3.05) is 36.5 Å². The van der Waals surface area contributed by atoms with Gasteiger partial charge in [0.05, 0.1) is 18.9 Å². The number of benzene rings is 2. The van der Waals surface area contributed by atoms with Crippen molar-refractivity contribution in [1.82, 2.24) is 14.4 Å². The first-order valence-corrected chi connectivity index (χ1v) is 10.8. The molecular weight excluding hydrogens is 405 g/mol. The van der Waals surface area contributed by atoms with E-state index in [4.69, 9.17) is 9.72 Å². The number of nitrogens with zero attached hydrogens (tertiary/aromatic N) is 4. The molecule has 4 aromatic rings. The molecule has 0 atom stereocenters. The second-order valence-electron chi connectivity index (χ2n) is 8.04. The third-order valence-corrected chi connectivity index (χ3v) is 6.01. The highest BCUT2D eigenvalue weighted by atomic mass is 19.1. The van der Waals surface area contributed by atoms with Crippen LogP contribution in [0.1, 0.15) is 11.1 Å². The molecule has 6 nitrogen and oxygen atoms in total. The Morgan fingerprint density at radius 3 is 2.75 bits per heavy atom. The number of anilines is 3. The average molecular weight is 427 g/mol. The van der Waals surface area contributed by atoms with Gasteiger partial charge >= 0.3 is 0 Å². The van der Waals surface area contributed by atoms with Crippen LogP contribution >= 0.6 is 0 Å². The summed E-state index contributed by atoms with van der Waals surface area (Å²) >= 11 is 0. The van der Waals surface area contributed by atoms with E-state index >= 15 is 0 Å². The summed E-state index contributed by atoms with van der Waals surface area (Å²) < 4.78 is 22.0. The number of hydrogen-bond acceptors (Lipinski definition) is 5. The number of fused-ring (bicyclic) bond motifs is 2. The monoisotopic (exact) mass is 427 g/mol. The normalized spacial score (nSPS) is 15.3. The summed E-state index contributed by atoms with van der Waals surface area (Å²) in [5.41, 5.74) is 5.92. The number of morpholine rings is 1. The van der Waals surface area contributed by atoms with Crippen LogP contribution < -0.4 is 10.2 Å². The number of aromatic nitrogens is 3. The van der Waals surface area contributed by atoms with Crippen molar-refractivity contribution in [3.05, 3.63) is 78.0 Å². The fourth-order valence-corrected chi connectivity index (χ4v) is 4.35. The molecule has 7 heteroatoms. The average Bonchev–Trinajstić information content (AvgIpc) is 3.50. The lowest BCUT2D eigenvalue weighted by Crippen LogP contribution is -2.36. The van der Waals surface area contributed by atoms with E-state index in [0.717, 1.165) is 49.5 Å². The van der Waals surface area contributed by atoms with E-state index in [1.54, 1.807) is 12.3 Å². The fraction of sp³-hybridized carbons (Fsp3) is 0.200. The Balaban J connectivity index is 1.33. The zero-order chi connectivity index (χ0) is 21.5. The van der Waals surface area contributed by atoms with E-state index in [2.05, 4.69) is 27.3 Å². The Labute approximate surface area is 185 Å². The fourth-order valence-electron chi connectivity index (χ4n) is 4.35. The van der Waals surface area contributed by atoms with Crippen molar-refractivity contribution in [3.63, 3.8) is 0 Å². The molecule has 0 bridgehead atoms. The van der Waals surface area contributed by atoms with E-state index in [0.29, 0.717) is 22.7 Å². The molecule has 0 saturated carbocycles. The van der Waals surface area contributed by atoms with Crippen LogP contribution in [0.3, 0.4) is 0 Å². The number of rotatable bonds is 4. The molecule has 0 amide bonds. The molecule has 2 aliphatic rings. The SMILES string of the molecule is Fc1cc(-c2cn3ccnc3c(Nc3ccc(N4CCOCC4)cc3)n2)cc2c1C=CC2. The number of imidazole rings is 1. The van der Waals surface area contributed by atoms with Gasteiger partial charge < -0.3 is 19.4 Å². The van der Waals surface area contributed by atoms with Crippen LogP contribution in [0, 0.1) is 5.82 Å². The second kappa shape index (κ2) is 7.76. The molecule has 32 heavy (non-hydrogen) atoms. The number of allylic oxidation sites excluding steroid dienone is 1. The van der Waals surface area contributed by atoms with E-state index < -0.39 is 0 Å². The van der Waals surface area contributed by atoms with Crippen molar-refractivity contribution >= 4 is 28.9 Å². The minimum atomic E-state index is -0.216. The first-order chi connectivity index (χ1) is 15.7. The van der Waals surface area contributed by atoms with Gasteiger partial charge in [-0.3, -0.25) is 0 Å². The van der Waals surface area contributed by atoms with Crippen LogP contribution in [0.4, 0.5) is 21.6 Å². The lowest BCUT2D eigenvalue weighted by atomic mass is 10.0. The van der Waals surface area contributed by atoms with Crippen LogP contribution in [0.25, 0.3) is 23.0 Å². The van der Waals surface area contributed by atoms with E-state index in [9.17, 15) is 4.39 Å². The summed E-state index contributed by atoms with van der Waals surface area (Å²) in [6.45, 7) is 3.32. The molecule has 160 valence electrons. The van der Waals surface area contributed by atoms with Crippen LogP contribution in [0.15, 0.2) is 61.1 Å². The molecule has 1 aliphatic heterocycles. The Kier molecular flexibility index (Phi) is 4.61. The zero-order valence-electron chi connectivity index (χ0n) is 17.5. The maximum absolute atomic E-state index is 14.6. The van der Waals surface area contributed by atoms with Gasteiger partial charge in [0, 0.05) is 54.2 Å². The maximum atomic E-state index is 14.6. The molecule has 0 unspecified atom stereocenters. The van der Waals surface area contributed by atoms with Gasteiger partial charge in [-0.2, -0.15) is 0 Å². The summed E-state index contributed by atoms with van der Waals surface area (Å²) in [4.78, 5) is 11.6. The van der Waals surface area contributed by atoms with Gasteiger partial charge in [0.1, 0.15) is 5.82 Å². The van der Waals surface area contributed by atoms with Crippen LogP contribution in [-0.2, 0) is 11.2 Å². The predicted octanol–water partition coefficient (Wildman–Crippen LogP) is 4.68. The molecule has 2 aromatic carbocycles. The number of halogens is 1. The summed E-state index contributed by atoms with van der Waals surface area (Å²) in [6, 6.07) is 11.9. The van der Waals surface area contributed by atoms with Gasteiger partial charge in [0.15, 0.2) is 11.5 Å². The molecule has 0 radical (unpaired) electrons. The van der Waals surface area contributed by atoms with Crippen LogP contribution in [0.5, 0.6) is 0 Å². The van der Waals surface area contributed by atoms with Gasteiger partial charge in [0.2, 0.25) is 0 Å². The molecule has 1 aliphatic carbocycles. The van der Waals surface area contributed by atoms with Crippen molar-refractivity contribution < 1.29 is 9.13 Å². The Morgan fingerprint density at radius 2 is 1.91 bits per heavy atom. The van der Waals surface area contributed by atoms with Crippen molar-refractivity contribution in [3.8, 4) is 11.3 Å². The largest absolute Gasteiger partial charge is 0.378 e. The molecule has 3 heterocycles. The van der Waals surface area contributed by atoms with Crippen molar-refractivity contribution in [1.29, 1.82) is 0 Å². The molecule has 2 aromatic heterocycles. The lowest BCUT2D eigenvalue weighted by Gasteiger charge is -2.28. The highest BCUT2D eigenvalue weighted by Crippen LogP contribution is 2.31. The summed E-state index contributed by atoms with van der Waals surface area (Å²) in [6.07, 6.45) is 10.1. The first-order valence-electron chi connectivity index (χ1n) is 10.8. The predicted molar refractivity (Wildman–Crippen MR) is 124 cm³/mol. The standard InChI is InChI=1S/C25H22FN5O/c26-22-15-18(14-17-2-1-3-21(17)22)23-16-31-9-8-27-25(31)24(29-23)28-19-4-6-20(7-5-19)30-10-12-32-13-11-30/h1,3-9,14-16H,2,10-13H2,(H,28,29). The molecular formula is C25H22FN5O. The quantitative estimate of drug-likeness (QED) is 0.512. The molecule has 6 rings (SSSR count). The summed E-state index contributed by atoms with van der Waals surface area (Å²) in [5.74, 6) is 0.414. The second-order valence-corrected chi connectivity index (χ2v) is 8.04. The van der Waals surface area contributed by atoms with Crippen LogP contribution in [-0.4, -0.2) is 40.7 Å². The molecule has 1 N–H and O–H groups in total. The topological polar surface area (TPSA) is 54.7 Å². The highest BCUT2D eigenvalue weighted by molar-refractivity contribution is 5.75. The van der Waals surface area contributed by atoms with Gasteiger partial charge in [-0.05, 0) is 48.4 Å². The third kappa shape index (κ3) is 3.40. The smallest absolute Gasteiger partial charge is 0.180 e. The molecule has 1 saturated heterocycles. The van der Waals surface area contributed by atoms with Gasteiger partial charge in [-0.25, -0.2) is 14.4 Å². The summed E-state index contributed by atoms with van der Waals surface area (Å²) in [7, 11) is 0. The number of nitrogens with one attached hydrogen (secondary N) is 1. The lowest BCUT2D eigenvalue weighted by molar-refractivity contribution is 0.122. The van der Waals surface area contributed by atoms with Crippen LogP contribution in [0.2, 0.25) is 0 Å². The van der Waals surface area contributed by atoms with Gasteiger partial charge in [-0.15, -0.1) is 0 Å². The van der Waals surface area contributed by atoms with Gasteiger partial charge in [-0.1, -0.05) is 12.2 Å². The third-order valence-electron chi connectivity index (χ3n) is 6.01. The van der Waals surface area contributed by atoms with E-state index in [-0.39, 0.29) is 5.82 Å².